The molecule has 5 nitrogen and oxygen atoms in total. The summed E-state index contributed by atoms with van der Waals surface area (Å²) in [6, 6.07) is 9.43. The van der Waals surface area contributed by atoms with Gasteiger partial charge in [0, 0.05) is 11.6 Å². The maximum Gasteiger partial charge on any atom is 0.307 e. The van der Waals surface area contributed by atoms with Gasteiger partial charge in [-0.05, 0) is 29.3 Å². The van der Waals surface area contributed by atoms with Gasteiger partial charge in [-0.15, -0.1) is 0 Å². The molecule has 5 heteroatoms. The van der Waals surface area contributed by atoms with E-state index in [2.05, 4.69) is 0 Å². The molecule has 0 atom stereocenters. The molecule has 0 spiro atoms. The van der Waals surface area contributed by atoms with Crippen LogP contribution >= 0.6 is 0 Å². The number of aromatic hydroxyl groups is 2. The highest BCUT2D eigenvalue weighted by atomic mass is 16.5. The summed E-state index contributed by atoms with van der Waals surface area (Å²) in [6.45, 7) is 0. The van der Waals surface area contributed by atoms with Gasteiger partial charge in [0.25, 0.3) is 0 Å². The molecular weight excluding hydrogens is 260 g/mol. The minimum absolute atomic E-state index is 0.172. The molecule has 0 saturated carbocycles. The van der Waals surface area contributed by atoms with E-state index in [1.807, 2.05) is 0 Å². The van der Waals surface area contributed by atoms with Crippen LogP contribution in [0.1, 0.15) is 5.56 Å². The second-order valence-electron chi connectivity index (χ2n) is 4.30. The van der Waals surface area contributed by atoms with Gasteiger partial charge in [0.15, 0.2) is 0 Å². The Morgan fingerprint density at radius 3 is 2.60 bits per heavy atom. The number of ether oxygens (including phenoxy) is 1. The zero-order valence-corrected chi connectivity index (χ0v) is 10.8. The summed E-state index contributed by atoms with van der Waals surface area (Å²) in [5.74, 6) is -0.796. The summed E-state index contributed by atoms with van der Waals surface area (Å²) < 4.78 is 5.11. The molecule has 0 fully saturated rings. The van der Waals surface area contributed by atoms with Gasteiger partial charge in [-0.25, -0.2) is 0 Å². The standard InChI is InChI=1S/C15H14O5/c1-20-12-4-2-3-9(6-12)15-10(7-14(18)19)5-11(16)8-13(15)17/h2-6,8,16-17H,7H2,1H3,(H,18,19). The summed E-state index contributed by atoms with van der Waals surface area (Å²) in [6.07, 6.45) is -0.297. The smallest absolute Gasteiger partial charge is 0.307 e. The summed E-state index contributed by atoms with van der Waals surface area (Å²) in [7, 11) is 1.52. The Balaban J connectivity index is 2.61. The van der Waals surface area contributed by atoms with Gasteiger partial charge in [-0.2, -0.15) is 0 Å². The molecular formula is C15H14O5. The van der Waals surface area contributed by atoms with E-state index in [0.29, 0.717) is 22.4 Å². The first-order chi connectivity index (χ1) is 9.51. The van der Waals surface area contributed by atoms with E-state index < -0.39 is 5.97 Å². The quantitative estimate of drug-likeness (QED) is 0.797. The molecule has 2 aromatic carbocycles. The molecule has 0 unspecified atom stereocenters. The predicted molar refractivity (Wildman–Crippen MR) is 73.1 cm³/mol. The number of carbonyl (C=O) groups is 1. The van der Waals surface area contributed by atoms with Crippen molar-refractivity contribution in [3.8, 4) is 28.4 Å². The van der Waals surface area contributed by atoms with Crippen molar-refractivity contribution in [3.63, 3.8) is 0 Å². The van der Waals surface area contributed by atoms with Crippen molar-refractivity contribution >= 4 is 5.97 Å². The molecule has 0 saturated heterocycles. The third-order valence-corrected chi connectivity index (χ3v) is 2.88. The zero-order chi connectivity index (χ0) is 14.7. The number of phenols is 2. The molecule has 0 aliphatic heterocycles. The highest BCUT2D eigenvalue weighted by molar-refractivity contribution is 5.81. The second kappa shape index (κ2) is 5.52. The minimum atomic E-state index is -1.04. The maximum atomic E-state index is 10.9. The van der Waals surface area contributed by atoms with E-state index in [1.54, 1.807) is 24.3 Å². The monoisotopic (exact) mass is 274 g/mol. The van der Waals surface area contributed by atoms with Gasteiger partial charge in [0.05, 0.1) is 13.5 Å². The minimum Gasteiger partial charge on any atom is -0.508 e. The molecule has 104 valence electrons. The van der Waals surface area contributed by atoms with Crippen LogP contribution in [0.2, 0.25) is 0 Å². The molecule has 20 heavy (non-hydrogen) atoms. The highest BCUT2D eigenvalue weighted by Crippen LogP contribution is 2.37. The van der Waals surface area contributed by atoms with Crippen LogP contribution in [0.15, 0.2) is 36.4 Å². The molecule has 2 rings (SSSR count). The van der Waals surface area contributed by atoms with Crippen LogP contribution in [0.5, 0.6) is 17.2 Å². The SMILES string of the molecule is COc1cccc(-c2c(O)cc(O)cc2CC(=O)O)c1. The predicted octanol–water partition coefficient (Wildman–Crippen LogP) is 2.40. The van der Waals surface area contributed by atoms with E-state index in [0.717, 1.165) is 0 Å². The zero-order valence-electron chi connectivity index (χ0n) is 10.8. The largest absolute Gasteiger partial charge is 0.508 e. The van der Waals surface area contributed by atoms with E-state index in [9.17, 15) is 15.0 Å². The topological polar surface area (TPSA) is 87.0 Å². The van der Waals surface area contributed by atoms with Gasteiger partial charge >= 0.3 is 5.97 Å². The van der Waals surface area contributed by atoms with Crippen molar-refractivity contribution in [1.29, 1.82) is 0 Å². The number of hydrogen-bond acceptors (Lipinski definition) is 4. The number of phenolic OH excluding ortho intramolecular Hbond substituents is 2. The van der Waals surface area contributed by atoms with Crippen LogP contribution in [-0.2, 0) is 11.2 Å². The van der Waals surface area contributed by atoms with E-state index in [-0.39, 0.29) is 17.9 Å². The Bertz CT molecular complexity index is 649. The van der Waals surface area contributed by atoms with Crippen LogP contribution in [0, 0.1) is 0 Å². The summed E-state index contributed by atoms with van der Waals surface area (Å²) >= 11 is 0. The highest BCUT2D eigenvalue weighted by Gasteiger charge is 2.15. The van der Waals surface area contributed by atoms with Crippen molar-refractivity contribution < 1.29 is 24.9 Å². The summed E-state index contributed by atoms with van der Waals surface area (Å²) in [5, 5.41) is 28.4. The summed E-state index contributed by atoms with van der Waals surface area (Å²) in [5.41, 5.74) is 1.34. The van der Waals surface area contributed by atoms with Gasteiger partial charge in [-0.1, -0.05) is 12.1 Å². The average Bonchev–Trinajstić information content (AvgIpc) is 2.37. The number of hydrogen-bond donors (Lipinski definition) is 3. The van der Waals surface area contributed by atoms with E-state index >= 15 is 0 Å². The fourth-order valence-corrected chi connectivity index (χ4v) is 2.08. The molecule has 0 aliphatic rings. The van der Waals surface area contributed by atoms with E-state index in [4.69, 9.17) is 9.84 Å². The van der Waals surface area contributed by atoms with Crippen LogP contribution in [0.4, 0.5) is 0 Å². The van der Waals surface area contributed by atoms with Crippen LogP contribution in [0.3, 0.4) is 0 Å². The lowest BCUT2D eigenvalue weighted by Crippen LogP contribution is -2.02. The Morgan fingerprint density at radius 2 is 1.95 bits per heavy atom. The molecule has 0 amide bonds. The van der Waals surface area contributed by atoms with Gasteiger partial charge in [0.2, 0.25) is 0 Å². The maximum absolute atomic E-state index is 10.9. The van der Waals surface area contributed by atoms with Crippen molar-refractivity contribution in [2.75, 3.05) is 7.11 Å². The molecule has 0 aromatic heterocycles. The van der Waals surface area contributed by atoms with Crippen molar-refractivity contribution in [2.45, 2.75) is 6.42 Å². The number of carboxylic acid groups (broad SMARTS) is 1. The van der Waals surface area contributed by atoms with Gasteiger partial charge in [-0.3, -0.25) is 4.79 Å². The van der Waals surface area contributed by atoms with Crippen LogP contribution < -0.4 is 4.74 Å². The Hall–Kier alpha value is -2.69. The van der Waals surface area contributed by atoms with Crippen molar-refractivity contribution in [3.05, 3.63) is 42.0 Å². The molecule has 3 N–H and O–H groups in total. The van der Waals surface area contributed by atoms with Crippen LogP contribution in [-0.4, -0.2) is 28.4 Å². The molecule has 0 heterocycles. The number of rotatable bonds is 4. The lowest BCUT2D eigenvalue weighted by molar-refractivity contribution is -0.136. The van der Waals surface area contributed by atoms with Crippen molar-refractivity contribution in [1.82, 2.24) is 0 Å². The lowest BCUT2D eigenvalue weighted by atomic mass is 9.96. The molecule has 0 aliphatic carbocycles. The number of methoxy groups -OCH3 is 1. The fraction of sp³-hybridized carbons (Fsp3) is 0.133. The van der Waals surface area contributed by atoms with Crippen molar-refractivity contribution in [2.24, 2.45) is 0 Å². The van der Waals surface area contributed by atoms with Crippen LogP contribution in [0.25, 0.3) is 11.1 Å². The van der Waals surface area contributed by atoms with Gasteiger partial charge < -0.3 is 20.1 Å². The number of benzene rings is 2. The first-order valence-electron chi connectivity index (χ1n) is 5.92. The Labute approximate surface area is 115 Å². The normalized spacial score (nSPS) is 10.2. The third kappa shape index (κ3) is 2.83. The fourth-order valence-electron chi connectivity index (χ4n) is 2.08. The summed E-state index contributed by atoms with van der Waals surface area (Å²) in [4.78, 5) is 10.9. The lowest BCUT2D eigenvalue weighted by Gasteiger charge is -2.12. The third-order valence-electron chi connectivity index (χ3n) is 2.88. The van der Waals surface area contributed by atoms with Gasteiger partial charge in [0.1, 0.15) is 17.2 Å². The number of carboxylic acids is 1. The molecule has 0 radical (unpaired) electrons. The first kappa shape index (κ1) is 13.7. The van der Waals surface area contributed by atoms with E-state index in [1.165, 1.54) is 19.2 Å². The average molecular weight is 274 g/mol. The Morgan fingerprint density at radius 1 is 1.20 bits per heavy atom. The first-order valence-corrected chi connectivity index (χ1v) is 5.92. The second-order valence-corrected chi connectivity index (χ2v) is 4.30. The Kier molecular flexibility index (Phi) is 3.79. The number of aliphatic carboxylic acids is 1. The molecule has 2 aromatic rings. The molecule has 0 bridgehead atoms.